The summed E-state index contributed by atoms with van der Waals surface area (Å²) in [6, 6.07) is 3.64. The van der Waals surface area contributed by atoms with Crippen LogP contribution in [0.1, 0.15) is 70.0 Å². The van der Waals surface area contributed by atoms with E-state index in [2.05, 4.69) is 5.32 Å². The van der Waals surface area contributed by atoms with E-state index in [-0.39, 0.29) is 55.7 Å². The number of hydrogen-bond donors (Lipinski definition) is 5. The minimum atomic E-state index is -1.96. The van der Waals surface area contributed by atoms with E-state index in [9.17, 15) is 34.8 Å². The molecule has 0 saturated carbocycles. The number of anilines is 1. The molecule has 8 unspecified atom stereocenters. The fraction of sp³-hybridized carbons (Fsp3) is 0.442. The Morgan fingerprint density at radius 3 is 2.35 bits per heavy atom. The highest BCUT2D eigenvalue weighted by Gasteiger charge is 2.50. The molecule has 304 valence electrons. The molecular weight excluding hydrogens is 734 g/mol. The van der Waals surface area contributed by atoms with E-state index >= 15 is 0 Å². The Labute approximate surface area is 330 Å². The van der Waals surface area contributed by atoms with Crippen molar-refractivity contribution in [1.29, 1.82) is 0 Å². The number of aryl methyl sites for hydroxylation is 1. The summed E-state index contributed by atoms with van der Waals surface area (Å²) in [5.74, 6) is -6.96. The van der Waals surface area contributed by atoms with E-state index in [1.165, 1.54) is 40.2 Å². The SMILES string of the molecule is COC1C=CO[C@@]2(C)Oc3c(C)c(O)c4c(O)c(c5c(nc6cc(C)ccn65)c4c3C2=O)NC(=O)C(C)=CC=CC(C)C(O)C(C)C(O)C(C)C(OC(C)=O)C1C. The number of pyridine rings is 1. The van der Waals surface area contributed by atoms with Crippen LogP contribution >= 0.6 is 0 Å². The molecule has 0 fully saturated rings. The van der Waals surface area contributed by atoms with Crippen molar-refractivity contribution in [1.82, 2.24) is 9.38 Å². The number of carbonyl (C=O) groups excluding carboxylic acids is 3. The number of aromatic nitrogens is 2. The van der Waals surface area contributed by atoms with Gasteiger partial charge in [-0.1, -0.05) is 45.9 Å². The van der Waals surface area contributed by atoms with Gasteiger partial charge in [-0.25, -0.2) is 4.98 Å². The molecule has 1 amide bonds. The predicted molar refractivity (Wildman–Crippen MR) is 213 cm³/mol. The molecule has 2 aromatic heterocycles. The lowest BCUT2D eigenvalue weighted by atomic mass is 9.78. The zero-order valence-corrected chi connectivity index (χ0v) is 33.8. The van der Waals surface area contributed by atoms with Gasteiger partial charge in [0.2, 0.25) is 0 Å². The monoisotopic (exact) mass is 785 g/mol. The number of fused-ring (bicyclic) bond motifs is 2. The highest BCUT2D eigenvalue weighted by atomic mass is 16.7. The van der Waals surface area contributed by atoms with Crippen LogP contribution in [0.25, 0.3) is 27.5 Å². The van der Waals surface area contributed by atoms with Gasteiger partial charge in [0.25, 0.3) is 11.7 Å². The van der Waals surface area contributed by atoms with Crippen molar-refractivity contribution >= 4 is 50.8 Å². The van der Waals surface area contributed by atoms with Crippen molar-refractivity contribution in [3.05, 3.63) is 71.2 Å². The Kier molecular flexibility index (Phi) is 11.2. The number of esters is 1. The summed E-state index contributed by atoms with van der Waals surface area (Å²) in [7, 11) is 1.46. The molecule has 6 rings (SSSR count). The minimum Gasteiger partial charge on any atom is -0.507 e. The standard InChI is InChI=1S/C43H51N3O11/c1-19-14-16-46-28(18-19)44-32-29-30-37(50)25(7)40-31(29)41(52)43(9,57-40)55-17-15-27(54-10)22(4)39(56-26(8)47)24(6)36(49)23(5)35(48)20(2)12-11-13-21(3)42(53)45-33(34(32)46)38(30)51/h11-18,20,22-24,27,35-36,39,48-51H,1-10H3,(H,45,53)/t20?,22?,23?,24?,27?,35?,36?,39?,43-/m0/s1. The number of rotatable bonds is 2. The Morgan fingerprint density at radius 2 is 1.68 bits per heavy atom. The molecule has 2 aliphatic heterocycles. The fourth-order valence-corrected chi connectivity index (χ4v) is 8.03. The molecule has 4 bridgehead atoms. The summed E-state index contributed by atoms with van der Waals surface area (Å²) >= 11 is 0. The third kappa shape index (κ3) is 7.10. The molecule has 0 aliphatic carbocycles. The number of phenolic OH excluding ortho intramolecular Hbond substituents is 2. The second kappa shape index (κ2) is 15.5. The Hall–Kier alpha value is -5.44. The maximum atomic E-state index is 14.6. The van der Waals surface area contributed by atoms with Gasteiger partial charge in [0.05, 0.1) is 35.5 Å². The highest BCUT2D eigenvalue weighted by Crippen LogP contribution is 2.54. The number of hydrogen-bond acceptors (Lipinski definition) is 12. The van der Waals surface area contributed by atoms with Gasteiger partial charge in [0.15, 0.2) is 5.75 Å². The Morgan fingerprint density at radius 1 is 0.982 bits per heavy atom. The number of ketones is 1. The van der Waals surface area contributed by atoms with E-state index in [4.69, 9.17) is 23.9 Å². The van der Waals surface area contributed by atoms with Gasteiger partial charge in [-0.3, -0.25) is 18.8 Å². The van der Waals surface area contributed by atoms with Gasteiger partial charge in [-0.2, -0.15) is 0 Å². The molecule has 4 aromatic rings. The third-order valence-electron chi connectivity index (χ3n) is 11.5. The summed E-state index contributed by atoms with van der Waals surface area (Å²) in [6.07, 6.45) is 5.62. The fourth-order valence-electron chi connectivity index (χ4n) is 8.03. The average molecular weight is 786 g/mol. The first-order valence-electron chi connectivity index (χ1n) is 19.0. The number of allylic oxidation sites excluding steroid dienone is 2. The number of aromatic hydroxyl groups is 2. The van der Waals surface area contributed by atoms with E-state index in [1.54, 1.807) is 63.4 Å². The van der Waals surface area contributed by atoms with E-state index < -0.39 is 77.3 Å². The number of aliphatic hydroxyl groups is 2. The summed E-state index contributed by atoms with van der Waals surface area (Å²) in [5, 5.41) is 49.4. The van der Waals surface area contributed by atoms with Crippen molar-refractivity contribution in [3.63, 3.8) is 0 Å². The zero-order chi connectivity index (χ0) is 41.8. The zero-order valence-electron chi connectivity index (χ0n) is 33.8. The first-order chi connectivity index (χ1) is 26.8. The molecule has 5 N–H and O–H groups in total. The number of carbonyl (C=O) groups is 3. The normalized spacial score (nSPS) is 28.8. The number of benzene rings is 2. The molecule has 0 radical (unpaired) electrons. The molecule has 14 heteroatoms. The number of methoxy groups -OCH3 is 1. The second-order valence-corrected chi connectivity index (χ2v) is 15.6. The highest BCUT2D eigenvalue weighted by molar-refractivity contribution is 6.28. The Bertz CT molecular complexity index is 2380. The van der Waals surface area contributed by atoms with Gasteiger partial charge in [0, 0.05) is 67.3 Å². The number of Topliss-reactive ketones (excluding diaryl/α,β-unsaturated/α-hetero) is 1. The van der Waals surface area contributed by atoms with Crippen LogP contribution in [0.15, 0.2) is 54.5 Å². The van der Waals surface area contributed by atoms with Crippen molar-refractivity contribution in [2.45, 2.75) is 92.5 Å². The topological polar surface area (TPSA) is 198 Å². The molecule has 14 nitrogen and oxygen atoms in total. The van der Waals surface area contributed by atoms with Crippen molar-refractivity contribution in [3.8, 4) is 17.2 Å². The quantitative estimate of drug-likeness (QED) is 0.115. The molecule has 2 aliphatic rings. The Balaban J connectivity index is 1.58. The van der Waals surface area contributed by atoms with Crippen LogP contribution < -0.4 is 10.1 Å². The van der Waals surface area contributed by atoms with Crippen LogP contribution in [0.2, 0.25) is 0 Å². The molecule has 57 heavy (non-hydrogen) atoms. The molecule has 4 heterocycles. The largest absolute Gasteiger partial charge is 0.507 e. The molecule has 0 saturated heterocycles. The summed E-state index contributed by atoms with van der Waals surface area (Å²) in [5.41, 5.74) is 2.18. The second-order valence-electron chi connectivity index (χ2n) is 15.6. The predicted octanol–water partition coefficient (Wildman–Crippen LogP) is 6.16. The molecule has 9 atom stereocenters. The van der Waals surface area contributed by atoms with Gasteiger partial charge in [0.1, 0.15) is 40.0 Å². The third-order valence-corrected chi connectivity index (χ3v) is 11.5. The maximum Gasteiger partial charge on any atom is 0.312 e. The van der Waals surface area contributed by atoms with Crippen LogP contribution in [0.5, 0.6) is 17.2 Å². The first kappa shape index (κ1) is 41.2. The molecule has 2 aromatic carbocycles. The number of phenols is 2. The van der Waals surface area contributed by atoms with Gasteiger partial charge in [-0.15, -0.1) is 0 Å². The lowest BCUT2D eigenvalue weighted by Gasteiger charge is -2.38. The summed E-state index contributed by atoms with van der Waals surface area (Å²) in [6.45, 7) is 14.7. The van der Waals surface area contributed by atoms with Crippen molar-refractivity contribution in [2.75, 3.05) is 12.4 Å². The number of imidazole rings is 1. The number of nitrogens with one attached hydrogen (secondary N) is 1. The maximum absolute atomic E-state index is 14.6. The van der Waals surface area contributed by atoms with E-state index in [0.717, 1.165) is 5.56 Å². The van der Waals surface area contributed by atoms with E-state index in [0.29, 0.717) is 5.65 Å². The number of amides is 1. The van der Waals surface area contributed by atoms with Crippen LogP contribution in [0.4, 0.5) is 5.69 Å². The summed E-state index contributed by atoms with van der Waals surface area (Å²) < 4.78 is 25.5. The number of ether oxygens (including phenoxy) is 4. The van der Waals surface area contributed by atoms with Crippen LogP contribution in [-0.2, 0) is 23.8 Å². The van der Waals surface area contributed by atoms with Crippen LogP contribution in [0.3, 0.4) is 0 Å². The lowest BCUT2D eigenvalue weighted by molar-refractivity contribution is -0.160. The van der Waals surface area contributed by atoms with E-state index in [1.807, 2.05) is 19.1 Å². The minimum absolute atomic E-state index is 0.0185. The van der Waals surface area contributed by atoms with Gasteiger partial charge >= 0.3 is 11.8 Å². The summed E-state index contributed by atoms with van der Waals surface area (Å²) in [4.78, 5) is 45.6. The van der Waals surface area contributed by atoms with Gasteiger partial charge < -0.3 is 44.7 Å². The average Bonchev–Trinajstić information content (AvgIpc) is 3.67. The molecular formula is C43H51N3O11. The lowest BCUT2D eigenvalue weighted by Crippen LogP contribution is -2.46. The van der Waals surface area contributed by atoms with Crippen molar-refractivity contribution < 1.29 is 53.8 Å². The van der Waals surface area contributed by atoms with Crippen LogP contribution in [0, 0.1) is 37.5 Å². The number of aliphatic hydroxyl groups excluding tert-OH is 2. The van der Waals surface area contributed by atoms with Crippen molar-refractivity contribution in [2.24, 2.45) is 23.7 Å². The van der Waals surface area contributed by atoms with Crippen LogP contribution in [-0.4, -0.2) is 84.8 Å². The number of nitrogens with zero attached hydrogens (tertiary/aromatic N) is 2. The first-order valence-corrected chi connectivity index (χ1v) is 19.0. The smallest absolute Gasteiger partial charge is 0.312 e. The van der Waals surface area contributed by atoms with Gasteiger partial charge in [-0.05, 0) is 44.5 Å². The molecule has 0 spiro atoms.